The summed E-state index contributed by atoms with van der Waals surface area (Å²) >= 11 is 0. The predicted molar refractivity (Wildman–Crippen MR) is 118 cm³/mol. The van der Waals surface area contributed by atoms with Crippen molar-refractivity contribution in [3.63, 3.8) is 0 Å². The second-order valence-corrected chi connectivity index (χ2v) is 10.2. The molecule has 0 atom stereocenters. The SMILES string of the molecule is CCNC(=O)N(CCCCC12CC3CC(CC(C3)C1)C2)CCCc1ccncc1. The zero-order chi connectivity index (χ0) is 20.1. The van der Waals surface area contributed by atoms with E-state index in [1.165, 1.54) is 56.9 Å². The molecule has 4 bridgehead atoms. The normalized spacial score (nSPS) is 29.8. The van der Waals surface area contributed by atoms with E-state index in [-0.39, 0.29) is 6.03 Å². The quantitative estimate of drug-likeness (QED) is 0.535. The van der Waals surface area contributed by atoms with Gasteiger partial charge in [0.05, 0.1) is 0 Å². The molecule has 1 aromatic rings. The first-order valence-electron chi connectivity index (χ1n) is 12.1. The van der Waals surface area contributed by atoms with Crippen LogP contribution in [0.3, 0.4) is 0 Å². The Bertz CT molecular complexity index is 624. The van der Waals surface area contributed by atoms with Crippen molar-refractivity contribution in [2.24, 2.45) is 23.2 Å². The summed E-state index contributed by atoms with van der Waals surface area (Å²) in [5.74, 6) is 3.13. The third-order valence-corrected chi connectivity index (χ3v) is 7.81. The van der Waals surface area contributed by atoms with E-state index < -0.39 is 0 Å². The van der Waals surface area contributed by atoms with E-state index in [1.54, 1.807) is 0 Å². The molecule has 4 heteroatoms. The van der Waals surface area contributed by atoms with Gasteiger partial charge >= 0.3 is 6.03 Å². The second-order valence-electron chi connectivity index (χ2n) is 10.2. The summed E-state index contributed by atoms with van der Waals surface area (Å²) in [5.41, 5.74) is 1.98. The Morgan fingerprint density at radius 3 is 2.28 bits per heavy atom. The van der Waals surface area contributed by atoms with E-state index in [0.717, 1.165) is 50.1 Å². The monoisotopic (exact) mass is 397 g/mol. The highest BCUT2D eigenvalue weighted by Gasteiger charge is 2.50. The number of carbonyl (C=O) groups is 1. The van der Waals surface area contributed by atoms with Gasteiger partial charge in [0.1, 0.15) is 0 Å². The lowest BCUT2D eigenvalue weighted by atomic mass is 9.48. The van der Waals surface area contributed by atoms with Crippen LogP contribution in [0.5, 0.6) is 0 Å². The highest BCUT2D eigenvalue weighted by molar-refractivity contribution is 5.74. The zero-order valence-corrected chi connectivity index (χ0v) is 18.2. The number of amides is 2. The van der Waals surface area contributed by atoms with Crippen LogP contribution in [0.4, 0.5) is 4.79 Å². The van der Waals surface area contributed by atoms with Crippen molar-refractivity contribution in [3.05, 3.63) is 30.1 Å². The highest BCUT2D eigenvalue weighted by Crippen LogP contribution is 2.61. The minimum atomic E-state index is 0.108. The minimum absolute atomic E-state index is 0.108. The number of pyridine rings is 1. The van der Waals surface area contributed by atoms with Crippen LogP contribution in [0.1, 0.15) is 76.7 Å². The topological polar surface area (TPSA) is 45.2 Å². The molecule has 4 fully saturated rings. The molecular formula is C25H39N3O. The molecule has 0 saturated heterocycles. The van der Waals surface area contributed by atoms with Gasteiger partial charge in [0.2, 0.25) is 0 Å². The van der Waals surface area contributed by atoms with E-state index in [2.05, 4.69) is 22.4 Å². The number of hydrogen-bond acceptors (Lipinski definition) is 2. The molecule has 0 unspecified atom stereocenters. The molecule has 160 valence electrons. The van der Waals surface area contributed by atoms with Crippen molar-refractivity contribution in [1.82, 2.24) is 15.2 Å². The van der Waals surface area contributed by atoms with Gasteiger partial charge in [0.15, 0.2) is 0 Å². The largest absolute Gasteiger partial charge is 0.338 e. The average Bonchev–Trinajstić information content (AvgIpc) is 2.69. The van der Waals surface area contributed by atoms with Gasteiger partial charge in [-0.25, -0.2) is 4.79 Å². The van der Waals surface area contributed by atoms with Gasteiger partial charge in [0.25, 0.3) is 0 Å². The van der Waals surface area contributed by atoms with Crippen LogP contribution >= 0.6 is 0 Å². The van der Waals surface area contributed by atoms with Gasteiger partial charge in [-0.05, 0) is 112 Å². The Morgan fingerprint density at radius 2 is 1.66 bits per heavy atom. The lowest BCUT2D eigenvalue weighted by Gasteiger charge is -2.57. The fraction of sp³-hybridized carbons (Fsp3) is 0.760. The molecule has 29 heavy (non-hydrogen) atoms. The zero-order valence-electron chi connectivity index (χ0n) is 18.2. The van der Waals surface area contributed by atoms with Gasteiger partial charge < -0.3 is 10.2 Å². The molecule has 4 aliphatic carbocycles. The van der Waals surface area contributed by atoms with Gasteiger partial charge in [0, 0.05) is 32.0 Å². The lowest BCUT2D eigenvalue weighted by molar-refractivity contribution is -0.0584. The van der Waals surface area contributed by atoms with Crippen LogP contribution in [0, 0.1) is 23.2 Å². The maximum atomic E-state index is 12.5. The molecule has 0 spiro atoms. The molecule has 0 aromatic carbocycles. The molecule has 4 saturated carbocycles. The van der Waals surface area contributed by atoms with Crippen LogP contribution in [-0.2, 0) is 6.42 Å². The van der Waals surface area contributed by atoms with Gasteiger partial charge in [-0.2, -0.15) is 0 Å². The minimum Gasteiger partial charge on any atom is -0.338 e. The van der Waals surface area contributed by atoms with Gasteiger partial charge in [-0.1, -0.05) is 6.42 Å². The first kappa shape index (κ1) is 20.7. The summed E-state index contributed by atoms with van der Waals surface area (Å²) in [7, 11) is 0. The highest BCUT2D eigenvalue weighted by atomic mass is 16.2. The van der Waals surface area contributed by atoms with Gasteiger partial charge in [-0.3, -0.25) is 4.98 Å². The smallest absolute Gasteiger partial charge is 0.317 e. The number of aromatic nitrogens is 1. The maximum absolute atomic E-state index is 12.5. The fourth-order valence-electron chi connectivity index (χ4n) is 7.00. The van der Waals surface area contributed by atoms with Crippen LogP contribution in [-0.4, -0.2) is 35.5 Å². The van der Waals surface area contributed by atoms with E-state index in [1.807, 2.05) is 24.2 Å². The number of unbranched alkanes of at least 4 members (excludes halogenated alkanes) is 1. The first-order valence-corrected chi connectivity index (χ1v) is 12.1. The molecule has 0 radical (unpaired) electrons. The van der Waals surface area contributed by atoms with E-state index in [0.29, 0.717) is 12.0 Å². The van der Waals surface area contributed by atoms with Crippen molar-refractivity contribution >= 4 is 6.03 Å². The van der Waals surface area contributed by atoms with Gasteiger partial charge in [-0.15, -0.1) is 0 Å². The third kappa shape index (κ3) is 5.32. The van der Waals surface area contributed by atoms with Crippen molar-refractivity contribution in [3.8, 4) is 0 Å². The Morgan fingerprint density at radius 1 is 1.03 bits per heavy atom. The van der Waals surface area contributed by atoms with Crippen LogP contribution < -0.4 is 5.32 Å². The summed E-state index contributed by atoms with van der Waals surface area (Å²) in [6.07, 6.45) is 18.6. The van der Waals surface area contributed by atoms with E-state index in [9.17, 15) is 4.79 Å². The summed E-state index contributed by atoms with van der Waals surface area (Å²) < 4.78 is 0. The number of nitrogens with zero attached hydrogens (tertiary/aromatic N) is 2. The molecule has 5 rings (SSSR count). The number of urea groups is 1. The molecular weight excluding hydrogens is 358 g/mol. The summed E-state index contributed by atoms with van der Waals surface area (Å²) in [4.78, 5) is 18.6. The summed E-state index contributed by atoms with van der Waals surface area (Å²) in [6, 6.07) is 4.25. The second kappa shape index (κ2) is 9.49. The summed E-state index contributed by atoms with van der Waals surface area (Å²) in [5, 5.41) is 3.01. The maximum Gasteiger partial charge on any atom is 0.317 e. The Balaban J connectivity index is 1.22. The molecule has 1 heterocycles. The number of aryl methyl sites for hydroxylation is 1. The molecule has 2 amide bonds. The van der Waals surface area contributed by atoms with E-state index in [4.69, 9.17) is 0 Å². The number of rotatable bonds is 10. The molecule has 4 aliphatic rings. The number of hydrogen-bond donors (Lipinski definition) is 1. The summed E-state index contributed by atoms with van der Waals surface area (Å²) in [6.45, 7) is 4.44. The number of nitrogens with one attached hydrogen (secondary N) is 1. The molecule has 0 aliphatic heterocycles. The van der Waals surface area contributed by atoms with Crippen LogP contribution in [0.15, 0.2) is 24.5 Å². The van der Waals surface area contributed by atoms with Crippen molar-refractivity contribution < 1.29 is 4.79 Å². The van der Waals surface area contributed by atoms with E-state index >= 15 is 0 Å². The Hall–Kier alpha value is -1.58. The number of carbonyl (C=O) groups excluding carboxylic acids is 1. The molecule has 1 N–H and O–H groups in total. The Labute approximate surface area is 176 Å². The molecule has 1 aromatic heterocycles. The van der Waals surface area contributed by atoms with Crippen molar-refractivity contribution in [2.45, 2.75) is 77.6 Å². The fourth-order valence-corrected chi connectivity index (χ4v) is 7.00. The van der Waals surface area contributed by atoms with Crippen LogP contribution in [0.2, 0.25) is 0 Å². The predicted octanol–water partition coefficient (Wildman–Crippen LogP) is 5.43. The first-order chi connectivity index (χ1) is 14.2. The molecule has 4 nitrogen and oxygen atoms in total. The standard InChI is InChI=1S/C25H39N3O/c1-2-27-24(29)28(13-5-6-20-7-10-26-11-8-20)12-4-3-9-25-17-21-14-22(18-25)16-23(15-21)19-25/h7-8,10-11,21-23H,2-6,9,12-19H2,1H3,(H,27,29). The lowest BCUT2D eigenvalue weighted by Crippen LogP contribution is -2.46. The third-order valence-electron chi connectivity index (χ3n) is 7.81. The van der Waals surface area contributed by atoms with Crippen LogP contribution in [0.25, 0.3) is 0 Å². The Kier molecular flexibility index (Phi) is 6.77. The average molecular weight is 398 g/mol. The van der Waals surface area contributed by atoms with Crippen molar-refractivity contribution in [1.29, 1.82) is 0 Å². The van der Waals surface area contributed by atoms with Crippen molar-refractivity contribution in [2.75, 3.05) is 19.6 Å².